The highest BCUT2D eigenvalue weighted by Gasteiger charge is 2.13. The molecular formula is C10H15N5O. The molecule has 0 aromatic carbocycles. The second kappa shape index (κ2) is 4.05. The number of aliphatic hydroxyl groups is 1. The van der Waals surface area contributed by atoms with Gasteiger partial charge in [0.1, 0.15) is 11.3 Å². The Morgan fingerprint density at radius 3 is 2.81 bits per heavy atom. The molecule has 0 atom stereocenters. The van der Waals surface area contributed by atoms with E-state index in [0.717, 1.165) is 5.65 Å². The molecule has 2 heterocycles. The first-order valence-corrected chi connectivity index (χ1v) is 5.23. The molecule has 0 aliphatic rings. The highest BCUT2D eigenvalue weighted by molar-refractivity contribution is 5.73. The summed E-state index contributed by atoms with van der Waals surface area (Å²) in [4.78, 5) is 12.7. The third-order valence-electron chi connectivity index (χ3n) is 2.36. The zero-order chi connectivity index (χ0) is 11.7. The number of anilines is 1. The van der Waals surface area contributed by atoms with E-state index in [2.05, 4.69) is 15.0 Å². The van der Waals surface area contributed by atoms with Crippen molar-refractivity contribution in [3.05, 3.63) is 12.0 Å². The Morgan fingerprint density at radius 2 is 2.19 bits per heavy atom. The molecule has 0 spiro atoms. The molecule has 0 bridgehead atoms. The summed E-state index contributed by atoms with van der Waals surface area (Å²) in [5.41, 5.74) is 7.23. The maximum absolute atomic E-state index is 8.85. The van der Waals surface area contributed by atoms with Crippen molar-refractivity contribution >= 4 is 17.1 Å². The van der Waals surface area contributed by atoms with E-state index in [1.165, 1.54) is 0 Å². The first kappa shape index (κ1) is 10.8. The number of nitrogens with two attached hydrogens (primary N) is 1. The van der Waals surface area contributed by atoms with Gasteiger partial charge in [-0.3, -0.25) is 4.57 Å². The van der Waals surface area contributed by atoms with Gasteiger partial charge in [-0.2, -0.15) is 0 Å². The van der Waals surface area contributed by atoms with Crippen molar-refractivity contribution in [2.24, 2.45) is 0 Å². The summed E-state index contributed by atoms with van der Waals surface area (Å²) >= 11 is 0. The Hall–Kier alpha value is -1.69. The summed E-state index contributed by atoms with van der Waals surface area (Å²) in [6, 6.07) is 0.196. The van der Waals surface area contributed by atoms with E-state index in [-0.39, 0.29) is 12.6 Å². The third-order valence-corrected chi connectivity index (χ3v) is 2.36. The molecule has 6 nitrogen and oxygen atoms in total. The van der Waals surface area contributed by atoms with Crippen LogP contribution in [0.4, 0.5) is 5.95 Å². The van der Waals surface area contributed by atoms with Gasteiger partial charge in [0.05, 0.1) is 12.8 Å². The van der Waals surface area contributed by atoms with Crippen LogP contribution in [0.1, 0.15) is 25.7 Å². The van der Waals surface area contributed by atoms with E-state index in [0.29, 0.717) is 23.7 Å². The van der Waals surface area contributed by atoms with Gasteiger partial charge in [0.2, 0.25) is 5.95 Å². The SMILES string of the molecule is CC(C)n1c(N)nc2cnc(CCO)nc21. The van der Waals surface area contributed by atoms with Gasteiger partial charge in [-0.05, 0) is 13.8 Å². The zero-order valence-corrected chi connectivity index (χ0v) is 9.38. The number of aromatic nitrogens is 4. The summed E-state index contributed by atoms with van der Waals surface area (Å²) in [7, 11) is 0. The number of nitrogen functional groups attached to an aromatic ring is 1. The number of imidazole rings is 1. The van der Waals surface area contributed by atoms with Crippen LogP contribution in [0.25, 0.3) is 11.2 Å². The summed E-state index contributed by atoms with van der Waals surface area (Å²) in [5, 5.41) is 8.85. The first-order valence-electron chi connectivity index (χ1n) is 5.23. The van der Waals surface area contributed by atoms with Crippen molar-refractivity contribution in [2.45, 2.75) is 26.3 Å². The average Bonchev–Trinajstić information content (AvgIpc) is 2.53. The van der Waals surface area contributed by atoms with Crippen LogP contribution in [0.5, 0.6) is 0 Å². The van der Waals surface area contributed by atoms with Gasteiger partial charge in [0.25, 0.3) is 0 Å². The van der Waals surface area contributed by atoms with Gasteiger partial charge in [-0.1, -0.05) is 0 Å². The van der Waals surface area contributed by atoms with Crippen molar-refractivity contribution in [3.8, 4) is 0 Å². The van der Waals surface area contributed by atoms with Gasteiger partial charge in [-0.25, -0.2) is 15.0 Å². The zero-order valence-electron chi connectivity index (χ0n) is 9.38. The third kappa shape index (κ3) is 1.71. The van der Waals surface area contributed by atoms with Crippen molar-refractivity contribution in [2.75, 3.05) is 12.3 Å². The van der Waals surface area contributed by atoms with Crippen LogP contribution in [0, 0.1) is 0 Å². The number of hydrogen-bond acceptors (Lipinski definition) is 5. The number of aliphatic hydroxyl groups excluding tert-OH is 1. The fourth-order valence-electron chi connectivity index (χ4n) is 1.67. The van der Waals surface area contributed by atoms with Crippen LogP contribution in [0.3, 0.4) is 0 Å². The van der Waals surface area contributed by atoms with E-state index in [1.807, 2.05) is 18.4 Å². The number of nitrogens with zero attached hydrogens (tertiary/aromatic N) is 4. The predicted octanol–water partition coefficient (Wildman–Crippen LogP) is 0.524. The second-order valence-electron chi connectivity index (χ2n) is 3.90. The molecule has 0 fully saturated rings. The van der Waals surface area contributed by atoms with E-state index in [4.69, 9.17) is 10.8 Å². The fraction of sp³-hybridized carbons (Fsp3) is 0.500. The lowest BCUT2D eigenvalue weighted by molar-refractivity contribution is 0.296. The van der Waals surface area contributed by atoms with Gasteiger partial charge in [0, 0.05) is 12.5 Å². The maximum Gasteiger partial charge on any atom is 0.202 e. The normalized spacial score (nSPS) is 11.5. The van der Waals surface area contributed by atoms with Crippen LogP contribution in [-0.4, -0.2) is 31.2 Å². The minimum atomic E-state index is 0.0385. The number of hydrogen-bond donors (Lipinski definition) is 2. The summed E-state index contributed by atoms with van der Waals surface area (Å²) in [6.45, 7) is 4.08. The van der Waals surface area contributed by atoms with Gasteiger partial charge in [0.15, 0.2) is 5.65 Å². The van der Waals surface area contributed by atoms with Crippen molar-refractivity contribution < 1.29 is 5.11 Å². The maximum atomic E-state index is 8.85. The monoisotopic (exact) mass is 221 g/mol. The van der Waals surface area contributed by atoms with Crippen molar-refractivity contribution in [1.82, 2.24) is 19.5 Å². The largest absolute Gasteiger partial charge is 0.396 e. The first-order chi connectivity index (χ1) is 7.63. The Bertz CT molecular complexity index is 505. The summed E-state index contributed by atoms with van der Waals surface area (Å²) < 4.78 is 1.86. The Morgan fingerprint density at radius 1 is 1.44 bits per heavy atom. The van der Waals surface area contributed by atoms with Crippen LogP contribution >= 0.6 is 0 Å². The fourth-order valence-corrected chi connectivity index (χ4v) is 1.67. The highest BCUT2D eigenvalue weighted by Crippen LogP contribution is 2.20. The summed E-state index contributed by atoms with van der Waals surface area (Å²) in [6.07, 6.45) is 2.09. The van der Waals surface area contributed by atoms with Gasteiger partial charge in [-0.15, -0.1) is 0 Å². The standard InChI is InChI=1S/C10H15N5O/c1-6(2)15-9-7(13-10(15)11)5-12-8(14-9)3-4-16/h5-6,16H,3-4H2,1-2H3,(H2,11,13). The lowest BCUT2D eigenvalue weighted by Crippen LogP contribution is -2.07. The molecule has 0 saturated heterocycles. The quantitative estimate of drug-likeness (QED) is 0.788. The van der Waals surface area contributed by atoms with E-state index < -0.39 is 0 Å². The lowest BCUT2D eigenvalue weighted by Gasteiger charge is -2.09. The molecule has 0 unspecified atom stereocenters. The molecule has 2 aromatic heterocycles. The molecule has 0 aliphatic carbocycles. The van der Waals surface area contributed by atoms with Gasteiger partial charge >= 0.3 is 0 Å². The van der Waals surface area contributed by atoms with Crippen molar-refractivity contribution in [1.29, 1.82) is 0 Å². The number of fused-ring (bicyclic) bond motifs is 1. The molecule has 0 amide bonds. The Balaban J connectivity index is 2.60. The molecule has 2 rings (SSSR count). The topological polar surface area (TPSA) is 89.9 Å². The molecule has 0 radical (unpaired) electrons. The molecule has 6 heteroatoms. The highest BCUT2D eigenvalue weighted by atomic mass is 16.3. The minimum absolute atomic E-state index is 0.0385. The van der Waals surface area contributed by atoms with Crippen LogP contribution in [0.2, 0.25) is 0 Å². The Labute approximate surface area is 93.1 Å². The molecule has 2 aromatic rings. The lowest BCUT2D eigenvalue weighted by atomic mass is 10.3. The molecule has 0 aliphatic heterocycles. The smallest absolute Gasteiger partial charge is 0.202 e. The summed E-state index contributed by atoms with van der Waals surface area (Å²) in [5.74, 6) is 1.05. The minimum Gasteiger partial charge on any atom is -0.396 e. The van der Waals surface area contributed by atoms with Crippen LogP contribution in [0.15, 0.2) is 6.20 Å². The average molecular weight is 221 g/mol. The second-order valence-corrected chi connectivity index (χ2v) is 3.90. The molecule has 0 saturated carbocycles. The van der Waals surface area contributed by atoms with E-state index in [9.17, 15) is 0 Å². The molecule has 3 N–H and O–H groups in total. The molecule has 86 valence electrons. The number of rotatable bonds is 3. The van der Waals surface area contributed by atoms with Gasteiger partial charge < -0.3 is 10.8 Å². The van der Waals surface area contributed by atoms with E-state index in [1.54, 1.807) is 6.20 Å². The molecule has 16 heavy (non-hydrogen) atoms. The van der Waals surface area contributed by atoms with Crippen LogP contribution in [-0.2, 0) is 6.42 Å². The Kier molecular flexibility index (Phi) is 2.74. The van der Waals surface area contributed by atoms with Crippen molar-refractivity contribution in [3.63, 3.8) is 0 Å². The molecular weight excluding hydrogens is 206 g/mol. The predicted molar refractivity (Wildman–Crippen MR) is 60.9 cm³/mol. The van der Waals surface area contributed by atoms with Crippen LogP contribution < -0.4 is 5.73 Å². The van der Waals surface area contributed by atoms with E-state index >= 15 is 0 Å².